The van der Waals surface area contributed by atoms with Gasteiger partial charge in [-0.2, -0.15) is 4.31 Å². The van der Waals surface area contributed by atoms with Gasteiger partial charge in [-0.3, -0.25) is 0 Å². The summed E-state index contributed by atoms with van der Waals surface area (Å²) in [6.07, 6.45) is -3.35. The molecule has 7 nitrogen and oxygen atoms in total. The van der Waals surface area contributed by atoms with Crippen LogP contribution in [0.4, 0.5) is 18.9 Å². The van der Waals surface area contributed by atoms with Crippen molar-refractivity contribution in [1.82, 2.24) is 4.31 Å². The van der Waals surface area contributed by atoms with E-state index in [1.54, 1.807) is 34.5 Å². The van der Waals surface area contributed by atoms with Gasteiger partial charge in [0.15, 0.2) is 15.4 Å². The fourth-order valence-electron chi connectivity index (χ4n) is 4.25. The molecule has 0 bridgehead atoms. The molecule has 1 unspecified atom stereocenters. The van der Waals surface area contributed by atoms with Crippen molar-refractivity contribution in [3.63, 3.8) is 0 Å². The molecular formula is C24H25F3N2O5S3. The molecule has 0 saturated carbocycles. The van der Waals surface area contributed by atoms with E-state index in [9.17, 15) is 35.1 Å². The summed E-state index contributed by atoms with van der Waals surface area (Å²) >= 11 is 1.06. The summed E-state index contributed by atoms with van der Waals surface area (Å²) in [5.74, 6) is -0.402. The van der Waals surface area contributed by atoms with Crippen molar-refractivity contribution in [2.45, 2.75) is 27.2 Å². The van der Waals surface area contributed by atoms with Crippen molar-refractivity contribution in [3.05, 3.63) is 77.7 Å². The molecule has 0 spiro atoms. The lowest BCUT2D eigenvalue weighted by Gasteiger charge is -2.42. The maximum Gasteiger partial charge on any atom is 0.273 e. The first-order valence-corrected chi connectivity index (χ1v) is 15.2. The molecule has 2 atom stereocenters. The topological polar surface area (TPSA) is 95.0 Å². The molecule has 0 amide bonds. The molecule has 3 aromatic rings. The van der Waals surface area contributed by atoms with E-state index in [0.717, 1.165) is 11.3 Å². The van der Waals surface area contributed by atoms with Crippen LogP contribution < -0.4 is 4.90 Å². The Bertz CT molecular complexity index is 1400. The zero-order chi connectivity index (χ0) is 26.8. The number of sulfonamides is 1. The van der Waals surface area contributed by atoms with E-state index in [-0.39, 0.29) is 34.3 Å². The third kappa shape index (κ3) is 5.55. The molecule has 1 aliphatic rings. The van der Waals surface area contributed by atoms with E-state index in [2.05, 4.69) is 0 Å². The van der Waals surface area contributed by atoms with E-state index in [1.165, 1.54) is 46.8 Å². The second-order valence-electron chi connectivity index (χ2n) is 8.64. The number of aliphatic hydroxyl groups is 1. The predicted molar refractivity (Wildman–Crippen MR) is 135 cm³/mol. The fraction of sp³-hybridized carbons (Fsp3) is 0.333. The number of sulfone groups is 1. The van der Waals surface area contributed by atoms with E-state index in [4.69, 9.17) is 0 Å². The maximum absolute atomic E-state index is 13.3. The molecule has 0 aliphatic carbocycles. The van der Waals surface area contributed by atoms with Crippen LogP contribution in [0.5, 0.6) is 0 Å². The van der Waals surface area contributed by atoms with Crippen LogP contribution in [0.3, 0.4) is 0 Å². The van der Waals surface area contributed by atoms with Crippen LogP contribution in [-0.2, 0) is 25.5 Å². The first-order valence-electron chi connectivity index (χ1n) is 11.2. The van der Waals surface area contributed by atoms with Gasteiger partial charge in [0.25, 0.3) is 16.4 Å². The van der Waals surface area contributed by atoms with Gasteiger partial charge in [-0.15, -0.1) is 11.3 Å². The molecule has 0 radical (unpaired) electrons. The summed E-state index contributed by atoms with van der Waals surface area (Å²) in [4.78, 5) is 1.79. The number of hydrogen-bond donors (Lipinski definition) is 1. The number of hydrogen-bond acceptors (Lipinski definition) is 7. The summed E-state index contributed by atoms with van der Waals surface area (Å²) < 4.78 is 93.9. The Morgan fingerprint density at radius 3 is 2.22 bits per heavy atom. The van der Waals surface area contributed by atoms with Crippen LogP contribution in [0.1, 0.15) is 5.56 Å². The SMILES string of the molecule is O=S(=O)(C[C@H]1CN(S(=O)(=O)c2cccs2)CCN1c1ccc(C(O)(CF)C(F)F)cc1)c1ccccc1. The highest BCUT2D eigenvalue weighted by Gasteiger charge is 2.41. The Morgan fingerprint density at radius 2 is 1.65 bits per heavy atom. The Kier molecular flexibility index (Phi) is 8.00. The van der Waals surface area contributed by atoms with Gasteiger partial charge in [0.1, 0.15) is 10.9 Å². The van der Waals surface area contributed by atoms with Crippen LogP contribution in [0.2, 0.25) is 0 Å². The molecule has 2 aromatic carbocycles. The lowest BCUT2D eigenvalue weighted by Crippen LogP contribution is -2.57. The van der Waals surface area contributed by atoms with Gasteiger partial charge in [0, 0.05) is 25.3 Å². The van der Waals surface area contributed by atoms with Crippen LogP contribution in [0.25, 0.3) is 0 Å². The predicted octanol–water partition coefficient (Wildman–Crippen LogP) is 3.52. The molecule has 1 fully saturated rings. The second kappa shape index (κ2) is 10.7. The molecule has 200 valence electrons. The molecule has 13 heteroatoms. The molecule has 37 heavy (non-hydrogen) atoms. The highest BCUT2D eigenvalue weighted by Crippen LogP contribution is 2.33. The lowest BCUT2D eigenvalue weighted by atomic mass is 9.95. The van der Waals surface area contributed by atoms with Gasteiger partial charge >= 0.3 is 0 Å². The molecule has 4 rings (SSSR count). The Labute approximate surface area is 217 Å². The van der Waals surface area contributed by atoms with Crippen molar-refractivity contribution < 1.29 is 35.1 Å². The number of nitrogens with zero attached hydrogens (tertiary/aromatic N) is 2. The van der Waals surface area contributed by atoms with E-state index < -0.39 is 50.4 Å². The summed E-state index contributed by atoms with van der Waals surface area (Å²) in [5.41, 5.74) is -2.84. The van der Waals surface area contributed by atoms with Crippen molar-refractivity contribution >= 4 is 36.9 Å². The molecule has 1 aliphatic heterocycles. The minimum absolute atomic E-state index is 0.0648. The van der Waals surface area contributed by atoms with Crippen LogP contribution in [-0.4, -0.2) is 70.8 Å². The highest BCUT2D eigenvalue weighted by molar-refractivity contribution is 7.91. The number of rotatable bonds is 9. The van der Waals surface area contributed by atoms with E-state index >= 15 is 0 Å². The van der Waals surface area contributed by atoms with Gasteiger partial charge in [-0.05, 0) is 41.3 Å². The summed E-state index contributed by atoms with van der Waals surface area (Å²) in [6.45, 7) is -1.61. The van der Waals surface area contributed by atoms with Crippen LogP contribution in [0, 0.1) is 0 Å². The van der Waals surface area contributed by atoms with Crippen molar-refractivity contribution in [3.8, 4) is 0 Å². The van der Waals surface area contributed by atoms with Gasteiger partial charge in [0.2, 0.25) is 0 Å². The maximum atomic E-state index is 13.3. The standard InChI is InChI=1S/C24H25F3N2O5S3/c25-17-24(30,23(26)27)18-8-10-19(11-9-18)29-13-12-28(37(33,34)22-7-4-14-35-22)15-20(29)16-36(31,32)21-5-2-1-3-6-21/h1-11,14,20,23,30H,12-13,15-17H2/t20-,24?/m1/s1. The monoisotopic (exact) mass is 574 g/mol. The number of anilines is 1. The zero-order valence-electron chi connectivity index (χ0n) is 19.5. The number of alkyl halides is 3. The van der Waals surface area contributed by atoms with Crippen molar-refractivity contribution in [2.75, 3.05) is 37.0 Å². The minimum atomic E-state index is -3.84. The molecular weight excluding hydrogens is 549 g/mol. The first-order chi connectivity index (χ1) is 17.5. The second-order valence-corrected chi connectivity index (χ2v) is 13.8. The van der Waals surface area contributed by atoms with Gasteiger partial charge in [0.05, 0.1) is 16.7 Å². The number of thiophene rings is 1. The van der Waals surface area contributed by atoms with Crippen LogP contribution in [0.15, 0.2) is 81.2 Å². The minimum Gasteiger partial charge on any atom is -0.377 e. The smallest absolute Gasteiger partial charge is 0.273 e. The third-order valence-corrected chi connectivity index (χ3v) is 11.4. The number of benzene rings is 2. The van der Waals surface area contributed by atoms with E-state index in [1.807, 2.05) is 0 Å². The molecule has 1 N–H and O–H groups in total. The summed E-state index contributed by atoms with van der Waals surface area (Å²) in [7, 11) is -7.66. The Hall–Kier alpha value is -2.45. The molecule has 2 heterocycles. The average molecular weight is 575 g/mol. The zero-order valence-corrected chi connectivity index (χ0v) is 21.9. The molecule has 1 aromatic heterocycles. The summed E-state index contributed by atoms with van der Waals surface area (Å²) in [6, 6.07) is 15.2. The quantitative estimate of drug-likeness (QED) is 0.420. The Morgan fingerprint density at radius 1 is 0.973 bits per heavy atom. The number of piperazine rings is 1. The van der Waals surface area contributed by atoms with Gasteiger partial charge in [-0.25, -0.2) is 30.0 Å². The van der Waals surface area contributed by atoms with Crippen molar-refractivity contribution in [1.29, 1.82) is 0 Å². The fourth-order valence-corrected chi connectivity index (χ4v) is 8.41. The van der Waals surface area contributed by atoms with Crippen LogP contribution >= 0.6 is 11.3 Å². The van der Waals surface area contributed by atoms with E-state index in [0.29, 0.717) is 5.69 Å². The van der Waals surface area contributed by atoms with Crippen molar-refractivity contribution in [2.24, 2.45) is 0 Å². The first kappa shape index (κ1) is 27.6. The number of halogens is 3. The Balaban J connectivity index is 1.67. The summed E-state index contributed by atoms with van der Waals surface area (Å²) in [5, 5.41) is 11.7. The normalized spacial score (nSPS) is 19.2. The van der Waals surface area contributed by atoms with Gasteiger partial charge in [-0.1, -0.05) is 36.4 Å². The average Bonchev–Trinajstić information content (AvgIpc) is 3.45. The molecule has 1 saturated heterocycles. The van der Waals surface area contributed by atoms with Gasteiger partial charge < -0.3 is 10.0 Å². The highest BCUT2D eigenvalue weighted by atomic mass is 32.2. The third-order valence-electron chi connectivity index (χ3n) is 6.31. The largest absolute Gasteiger partial charge is 0.377 e. The lowest BCUT2D eigenvalue weighted by molar-refractivity contribution is -0.114.